The number of carbonyl (C=O) groups excluding carboxylic acids is 1. The zero-order valence-electron chi connectivity index (χ0n) is 17.4. The first-order valence-electron chi connectivity index (χ1n) is 10.0. The van der Waals surface area contributed by atoms with E-state index in [1.54, 1.807) is 12.1 Å². The Morgan fingerprint density at radius 1 is 1.19 bits per heavy atom. The van der Waals surface area contributed by atoms with E-state index in [1.165, 1.54) is 6.07 Å². The molecule has 0 aromatic heterocycles. The number of amides is 1. The van der Waals surface area contributed by atoms with E-state index in [1.807, 2.05) is 13.8 Å². The van der Waals surface area contributed by atoms with Crippen LogP contribution in [-0.4, -0.2) is 47.0 Å². The molecule has 3 rings (SSSR count). The Kier molecular flexibility index (Phi) is 7.40. The average molecular weight is 469 g/mol. The maximum atomic E-state index is 13.4. The second kappa shape index (κ2) is 9.84. The number of hydrogen-bond acceptors (Lipinski definition) is 5. The van der Waals surface area contributed by atoms with Crippen LogP contribution >= 0.6 is 11.6 Å². The van der Waals surface area contributed by atoms with Gasteiger partial charge in [-0.3, -0.25) is 9.52 Å². The van der Waals surface area contributed by atoms with Gasteiger partial charge in [-0.05, 0) is 42.3 Å². The lowest BCUT2D eigenvalue weighted by atomic mass is 10.1. The minimum absolute atomic E-state index is 0.170. The fourth-order valence-electron chi connectivity index (χ4n) is 3.21. The molecule has 1 fully saturated rings. The second-order valence-electron chi connectivity index (χ2n) is 7.75. The van der Waals surface area contributed by atoms with Gasteiger partial charge >= 0.3 is 0 Å². The van der Waals surface area contributed by atoms with Crippen LogP contribution in [-0.2, 0) is 10.0 Å². The van der Waals surface area contributed by atoms with Gasteiger partial charge in [0.1, 0.15) is 5.82 Å². The Labute approximate surface area is 187 Å². The van der Waals surface area contributed by atoms with Crippen molar-refractivity contribution in [2.45, 2.75) is 18.7 Å². The van der Waals surface area contributed by atoms with E-state index < -0.39 is 15.8 Å². The van der Waals surface area contributed by atoms with Gasteiger partial charge in [0.25, 0.3) is 15.9 Å². The SMILES string of the molecule is CC(C)CNC(=O)c1cc(NS(=O)(=O)c2ccc(F)c(Cl)c2)ccc1N1CCNCC1. The van der Waals surface area contributed by atoms with Crippen molar-refractivity contribution in [2.75, 3.05) is 42.3 Å². The molecule has 1 amide bonds. The highest BCUT2D eigenvalue weighted by Crippen LogP contribution is 2.27. The predicted octanol–water partition coefficient (Wildman–Crippen LogP) is 3.08. The summed E-state index contributed by atoms with van der Waals surface area (Å²) in [5.41, 5.74) is 1.37. The fourth-order valence-corrected chi connectivity index (χ4v) is 4.53. The Bertz CT molecular complexity index is 1060. The third-order valence-corrected chi connectivity index (χ3v) is 6.49. The minimum atomic E-state index is -4.01. The molecule has 1 aliphatic rings. The topological polar surface area (TPSA) is 90.5 Å². The van der Waals surface area contributed by atoms with E-state index in [4.69, 9.17) is 11.6 Å². The van der Waals surface area contributed by atoms with E-state index in [2.05, 4.69) is 20.3 Å². The lowest BCUT2D eigenvalue weighted by Crippen LogP contribution is -2.44. The van der Waals surface area contributed by atoms with Gasteiger partial charge in [-0.15, -0.1) is 0 Å². The monoisotopic (exact) mass is 468 g/mol. The van der Waals surface area contributed by atoms with Crippen molar-refractivity contribution in [2.24, 2.45) is 5.92 Å². The zero-order chi connectivity index (χ0) is 22.6. The van der Waals surface area contributed by atoms with Gasteiger partial charge < -0.3 is 15.5 Å². The molecule has 7 nitrogen and oxygen atoms in total. The Morgan fingerprint density at radius 2 is 1.90 bits per heavy atom. The van der Waals surface area contributed by atoms with Crippen LogP contribution < -0.4 is 20.3 Å². The number of carbonyl (C=O) groups is 1. The third kappa shape index (κ3) is 5.87. The van der Waals surface area contributed by atoms with Crippen LogP contribution in [0.1, 0.15) is 24.2 Å². The van der Waals surface area contributed by atoms with Gasteiger partial charge in [-0.1, -0.05) is 25.4 Å². The summed E-state index contributed by atoms with van der Waals surface area (Å²) in [4.78, 5) is 14.8. The molecule has 2 aromatic carbocycles. The first kappa shape index (κ1) is 23.3. The molecule has 0 unspecified atom stereocenters. The molecule has 0 atom stereocenters. The molecule has 0 spiro atoms. The molecule has 1 saturated heterocycles. The van der Waals surface area contributed by atoms with Crippen LogP contribution in [0.15, 0.2) is 41.3 Å². The lowest BCUT2D eigenvalue weighted by molar-refractivity contribution is 0.0949. The molecule has 0 radical (unpaired) electrons. The number of piperazine rings is 1. The summed E-state index contributed by atoms with van der Waals surface area (Å²) in [6.45, 7) is 7.57. The normalized spacial score (nSPS) is 14.5. The molecule has 31 heavy (non-hydrogen) atoms. The zero-order valence-corrected chi connectivity index (χ0v) is 19.0. The highest BCUT2D eigenvalue weighted by molar-refractivity contribution is 7.92. The van der Waals surface area contributed by atoms with Crippen LogP contribution in [0.2, 0.25) is 5.02 Å². The largest absolute Gasteiger partial charge is 0.368 e. The first-order chi connectivity index (χ1) is 14.7. The number of halogens is 2. The lowest BCUT2D eigenvalue weighted by Gasteiger charge is -2.31. The van der Waals surface area contributed by atoms with Crippen LogP contribution in [0.25, 0.3) is 0 Å². The van der Waals surface area contributed by atoms with Gasteiger partial charge in [-0.2, -0.15) is 0 Å². The van der Waals surface area contributed by atoms with Gasteiger partial charge in [0, 0.05) is 44.1 Å². The van der Waals surface area contributed by atoms with Crippen molar-refractivity contribution >= 4 is 38.9 Å². The maximum Gasteiger partial charge on any atom is 0.261 e. The first-order valence-corrected chi connectivity index (χ1v) is 11.9. The Hall–Kier alpha value is -2.36. The summed E-state index contributed by atoms with van der Waals surface area (Å²) in [6.07, 6.45) is 0. The molecule has 3 N–H and O–H groups in total. The van der Waals surface area contributed by atoms with Crippen molar-refractivity contribution in [1.82, 2.24) is 10.6 Å². The smallest absolute Gasteiger partial charge is 0.261 e. The van der Waals surface area contributed by atoms with Gasteiger partial charge in [0.2, 0.25) is 0 Å². The number of nitrogens with zero attached hydrogens (tertiary/aromatic N) is 1. The molecular weight excluding hydrogens is 443 g/mol. The molecule has 0 saturated carbocycles. The fraction of sp³-hybridized carbons (Fsp3) is 0.381. The Balaban J connectivity index is 1.92. The maximum absolute atomic E-state index is 13.4. The standard InChI is InChI=1S/C21H26ClFN4O3S/c1-14(2)13-25-21(28)17-11-15(3-6-20(17)27-9-7-24-8-10-27)26-31(29,30)16-4-5-19(23)18(22)12-16/h3-6,11-12,14,24,26H,7-10,13H2,1-2H3,(H,25,28). The van der Waals surface area contributed by atoms with Crippen molar-refractivity contribution in [3.05, 3.63) is 52.8 Å². The number of hydrogen-bond donors (Lipinski definition) is 3. The number of rotatable bonds is 7. The van der Waals surface area contributed by atoms with Crippen LogP contribution in [0.4, 0.5) is 15.8 Å². The number of anilines is 2. The van der Waals surface area contributed by atoms with Crippen LogP contribution in [0.3, 0.4) is 0 Å². The quantitative estimate of drug-likeness (QED) is 0.581. The van der Waals surface area contributed by atoms with Crippen molar-refractivity contribution in [3.8, 4) is 0 Å². The summed E-state index contributed by atoms with van der Waals surface area (Å²) < 4.78 is 41.3. The van der Waals surface area contributed by atoms with Crippen LogP contribution in [0, 0.1) is 11.7 Å². The van der Waals surface area contributed by atoms with Gasteiger partial charge in [-0.25, -0.2) is 12.8 Å². The summed E-state index contributed by atoms with van der Waals surface area (Å²) in [6, 6.07) is 8.05. The molecule has 168 valence electrons. The minimum Gasteiger partial charge on any atom is -0.368 e. The molecule has 1 heterocycles. The average Bonchev–Trinajstić information content (AvgIpc) is 2.74. The molecule has 10 heteroatoms. The summed E-state index contributed by atoms with van der Waals surface area (Å²) in [5.74, 6) is -0.699. The molecule has 0 bridgehead atoms. The van der Waals surface area contributed by atoms with E-state index in [0.29, 0.717) is 12.1 Å². The highest BCUT2D eigenvalue weighted by atomic mass is 35.5. The third-order valence-electron chi connectivity index (χ3n) is 4.82. The number of benzene rings is 2. The van der Waals surface area contributed by atoms with E-state index in [-0.39, 0.29) is 27.4 Å². The summed E-state index contributed by atoms with van der Waals surface area (Å²) in [7, 11) is -4.01. The molecule has 1 aliphatic heterocycles. The summed E-state index contributed by atoms with van der Waals surface area (Å²) in [5, 5.41) is 5.88. The van der Waals surface area contributed by atoms with Crippen molar-refractivity contribution < 1.29 is 17.6 Å². The van der Waals surface area contributed by atoms with Crippen molar-refractivity contribution in [1.29, 1.82) is 0 Å². The van der Waals surface area contributed by atoms with E-state index in [0.717, 1.165) is 50.1 Å². The highest BCUT2D eigenvalue weighted by Gasteiger charge is 2.21. The Morgan fingerprint density at radius 3 is 2.55 bits per heavy atom. The summed E-state index contributed by atoms with van der Waals surface area (Å²) >= 11 is 5.73. The van der Waals surface area contributed by atoms with E-state index in [9.17, 15) is 17.6 Å². The molecule has 0 aliphatic carbocycles. The second-order valence-corrected chi connectivity index (χ2v) is 9.84. The molecule has 2 aromatic rings. The van der Waals surface area contributed by atoms with Crippen molar-refractivity contribution in [3.63, 3.8) is 0 Å². The van der Waals surface area contributed by atoms with Crippen LogP contribution in [0.5, 0.6) is 0 Å². The van der Waals surface area contributed by atoms with E-state index >= 15 is 0 Å². The molecular formula is C21H26ClFN4O3S. The van der Waals surface area contributed by atoms with Gasteiger partial charge in [0.05, 0.1) is 15.5 Å². The predicted molar refractivity (Wildman–Crippen MR) is 121 cm³/mol. The number of nitrogens with one attached hydrogen (secondary N) is 3. The number of sulfonamides is 1. The van der Waals surface area contributed by atoms with Gasteiger partial charge in [0.15, 0.2) is 0 Å².